The lowest BCUT2D eigenvalue weighted by molar-refractivity contribution is -0.133. The number of amides is 2. The largest absolute Gasteiger partial charge is 0.423 e. The van der Waals surface area contributed by atoms with Crippen molar-refractivity contribution in [3.63, 3.8) is 0 Å². The summed E-state index contributed by atoms with van der Waals surface area (Å²) in [5.74, 6) is -0.719. The molecule has 10 nitrogen and oxygen atoms in total. The van der Waals surface area contributed by atoms with Crippen molar-refractivity contribution in [3.8, 4) is 6.07 Å². The van der Waals surface area contributed by atoms with Gasteiger partial charge in [0.1, 0.15) is 17.5 Å². The standard InChI is InChI=1S/C28H30F3N7O3/c1-19(26(28(29,30)31)27(40)35-33-2)38-17-21-5-3-4-6-22(21)23(38)18-41-14-9-25(39)37-12-10-36(11-13-37)24-8-7-20(15-32)16-34-24/h3-8,16,23H,2,9-14,17-18H2,1H3,(H,35,40)/b26-19-/t23-/m1/s1. The number of allylic oxidation sites excluding steroid dienone is 1. The summed E-state index contributed by atoms with van der Waals surface area (Å²) in [6.45, 7) is 6.81. The fourth-order valence-electron chi connectivity index (χ4n) is 5.10. The molecular formula is C28H30F3N7O3. The number of hydrogen-bond acceptors (Lipinski definition) is 8. The van der Waals surface area contributed by atoms with E-state index in [0.717, 1.165) is 16.9 Å². The summed E-state index contributed by atoms with van der Waals surface area (Å²) in [5, 5.41) is 12.0. The van der Waals surface area contributed by atoms with Crippen molar-refractivity contribution in [3.05, 3.63) is 70.6 Å². The van der Waals surface area contributed by atoms with Crippen LogP contribution in [0.3, 0.4) is 0 Å². The number of halogens is 3. The van der Waals surface area contributed by atoms with E-state index in [4.69, 9.17) is 10.00 Å². The van der Waals surface area contributed by atoms with E-state index in [0.29, 0.717) is 31.7 Å². The van der Waals surface area contributed by atoms with Gasteiger partial charge in [0, 0.05) is 51.3 Å². The van der Waals surface area contributed by atoms with Gasteiger partial charge in [-0.3, -0.25) is 9.59 Å². The fraction of sp³-hybridized carbons (Fsp3) is 0.393. The zero-order valence-electron chi connectivity index (χ0n) is 22.5. The number of pyridine rings is 1. The maximum Gasteiger partial charge on any atom is 0.423 e. The fourth-order valence-corrected chi connectivity index (χ4v) is 5.10. The third kappa shape index (κ3) is 6.83. The highest BCUT2D eigenvalue weighted by Crippen LogP contribution is 2.40. The van der Waals surface area contributed by atoms with Crippen LogP contribution in [0.25, 0.3) is 0 Å². The number of benzene rings is 1. The van der Waals surface area contributed by atoms with Gasteiger partial charge < -0.3 is 19.4 Å². The number of nitrogens with zero attached hydrogens (tertiary/aromatic N) is 6. The Labute approximate surface area is 235 Å². The molecule has 1 aromatic heterocycles. The Hall–Kier alpha value is -4.44. The molecule has 4 rings (SSSR count). The number of piperazine rings is 1. The minimum atomic E-state index is -4.91. The van der Waals surface area contributed by atoms with Gasteiger partial charge >= 0.3 is 6.18 Å². The molecule has 2 aliphatic heterocycles. The van der Waals surface area contributed by atoms with Crippen LogP contribution in [0.1, 0.15) is 36.1 Å². The van der Waals surface area contributed by atoms with E-state index in [-0.39, 0.29) is 37.8 Å². The molecule has 0 saturated carbocycles. The van der Waals surface area contributed by atoms with Crippen molar-refractivity contribution >= 4 is 24.3 Å². The average molecular weight is 570 g/mol. The smallest absolute Gasteiger partial charge is 0.378 e. The van der Waals surface area contributed by atoms with Crippen LogP contribution >= 0.6 is 0 Å². The summed E-state index contributed by atoms with van der Waals surface area (Å²) in [5.41, 5.74) is 2.28. The molecule has 0 spiro atoms. The summed E-state index contributed by atoms with van der Waals surface area (Å²) < 4.78 is 47.5. The molecule has 216 valence electrons. The van der Waals surface area contributed by atoms with Crippen LogP contribution in [-0.4, -0.2) is 78.9 Å². The minimum absolute atomic E-state index is 0.0340. The van der Waals surface area contributed by atoms with Crippen LogP contribution in [0.5, 0.6) is 0 Å². The number of alkyl halides is 3. The third-order valence-corrected chi connectivity index (χ3v) is 7.18. The summed E-state index contributed by atoms with van der Waals surface area (Å²) in [4.78, 5) is 34.6. The number of hydrogen-bond donors (Lipinski definition) is 1. The number of nitrogens with one attached hydrogen (secondary N) is 1. The molecule has 0 radical (unpaired) electrons. The molecule has 2 amide bonds. The number of nitriles is 1. The highest BCUT2D eigenvalue weighted by molar-refractivity contribution is 5.95. The van der Waals surface area contributed by atoms with E-state index in [9.17, 15) is 22.8 Å². The number of carbonyl (C=O) groups is 2. The second kappa shape index (κ2) is 12.8. The van der Waals surface area contributed by atoms with Gasteiger partial charge in [-0.05, 0) is 30.2 Å². The van der Waals surface area contributed by atoms with E-state index >= 15 is 0 Å². The third-order valence-electron chi connectivity index (χ3n) is 7.18. The van der Waals surface area contributed by atoms with E-state index in [2.05, 4.69) is 16.8 Å². The van der Waals surface area contributed by atoms with E-state index < -0.39 is 23.7 Å². The van der Waals surface area contributed by atoms with Crippen molar-refractivity contribution in [1.29, 1.82) is 5.26 Å². The van der Waals surface area contributed by atoms with Crippen molar-refractivity contribution in [1.82, 2.24) is 20.2 Å². The molecule has 2 aromatic rings. The Morgan fingerprint density at radius 3 is 2.56 bits per heavy atom. The van der Waals surface area contributed by atoms with Gasteiger partial charge in [0.15, 0.2) is 0 Å². The molecule has 41 heavy (non-hydrogen) atoms. The first-order valence-electron chi connectivity index (χ1n) is 13.0. The lowest BCUT2D eigenvalue weighted by Gasteiger charge is -2.35. The number of ether oxygens (including phenoxy) is 1. The first-order chi connectivity index (χ1) is 19.6. The predicted molar refractivity (Wildman–Crippen MR) is 144 cm³/mol. The van der Waals surface area contributed by atoms with Gasteiger partial charge in [0.25, 0.3) is 5.91 Å². The number of carbonyl (C=O) groups excluding carboxylic acids is 2. The normalized spacial score (nSPS) is 17.4. The molecule has 1 atom stereocenters. The Morgan fingerprint density at radius 2 is 1.93 bits per heavy atom. The van der Waals surface area contributed by atoms with Gasteiger partial charge in [-0.25, -0.2) is 10.4 Å². The van der Waals surface area contributed by atoms with E-state index in [1.54, 1.807) is 34.6 Å². The monoisotopic (exact) mass is 569 g/mol. The topological polar surface area (TPSA) is 114 Å². The number of aromatic nitrogens is 1. The first-order valence-corrected chi connectivity index (χ1v) is 13.0. The Kier molecular flexibility index (Phi) is 9.24. The minimum Gasteiger partial charge on any atom is -0.378 e. The maximum absolute atomic E-state index is 13.9. The number of hydrazone groups is 1. The second-order valence-corrected chi connectivity index (χ2v) is 9.61. The van der Waals surface area contributed by atoms with Gasteiger partial charge in [0.2, 0.25) is 5.91 Å². The molecule has 1 saturated heterocycles. The van der Waals surface area contributed by atoms with Crippen LogP contribution in [0.4, 0.5) is 19.0 Å². The van der Waals surface area contributed by atoms with Crippen LogP contribution < -0.4 is 10.3 Å². The Balaban J connectivity index is 1.35. The summed E-state index contributed by atoms with van der Waals surface area (Å²) in [6, 6.07) is 12.2. The molecule has 0 unspecified atom stereocenters. The highest BCUT2D eigenvalue weighted by atomic mass is 19.4. The van der Waals surface area contributed by atoms with Gasteiger partial charge in [-0.15, -0.1) is 0 Å². The van der Waals surface area contributed by atoms with Gasteiger partial charge in [-0.2, -0.15) is 23.5 Å². The van der Waals surface area contributed by atoms with Crippen LogP contribution in [0.15, 0.2) is 59.0 Å². The molecule has 0 aliphatic carbocycles. The SMILES string of the molecule is C=NNC(=O)/C(=C(\C)N1Cc2ccccc2[C@H]1COCCC(=O)N1CCN(c2ccc(C#N)cn2)CC1)C(F)(F)F. The molecule has 3 heterocycles. The Morgan fingerprint density at radius 1 is 1.20 bits per heavy atom. The van der Waals surface area contributed by atoms with Crippen molar-refractivity contribution in [2.75, 3.05) is 44.3 Å². The average Bonchev–Trinajstić information content (AvgIpc) is 3.33. The maximum atomic E-state index is 13.9. The van der Waals surface area contributed by atoms with E-state index in [1.165, 1.54) is 18.0 Å². The van der Waals surface area contributed by atoms with Crippen LogP contribution in [0.2, 0.25) is 0 Å². The molecule has 0 bridgehead atoms. The molecular weight excluding hydrogens is 539 g/mol. The first kappa shape index (κ1) is 29.5. The number of fused-ring (bicyclic) bond motifs is 1. The van der Waals surface area contributed by atoms with Crippen molar-refractivity contribution in [2.45, 2.75) is 32.1 Å². The quantitative estimate of drug-likeness (QED) is 0.214. The summed E-state index contributed by atoms with van der Waals surface area (Å²) in [6.07, 6.45) is -3.27. The lowest BCUT2D eigenvalue weighted by Crippen LogP contribution is -2.49. The molecule has 1 aromatic carbocycles. The zero-order valence-corrected chi connectivity index (χ0v) is 22.5. The van der Waals surface area contributed by atoms with Gasteiger partial charge in [0.05, 0.1) is 31.2 Å². The predicted octanol–water partition coefficient (Wildman–Crippen LogP) is 3.13. The molecule has 13 heteroatoms. The van der Waals surface area contributed by atoms with E-state index in [1.807, 2.05) is 23.1 Å². The lowest BCUT2D eigenvalue weighted by atomic mass is 10.1. The molecule has 1 fully saturated rings. The number of rotatable bonds is 9. The van der Waals surface area contributed by atoms with Crippen LogP contribution in [-0.2, 0) is 20.9 Å². The van der Waals surface area contributed by atoms with Crippen LogP contribution in [0, 0.1) is 11.3 Å². The summed E-state index contributed by atoms with van der Waals surface area (Å²) >= 11 is 0. The second-order valence-electron chi connectivity index (χ2n) is 9.61. The highest BCUT2D eigenvalue weighted by Gasteiger charge is 2.43. The zero-order chi connectivity index (χ0) is 29.6. The van der Waals surface area contributed by atoms with Crippen molar-refractivity contribution < 1.29 is 27.5 Å². The number of anilines is 1. The molecule has 2 aliphatic rings. The van der Waals surface area contributed by atoms with Crippen molar-refractivity contribution in [2.24, 2.45) is 5.10 Å². The molecule has 1 N–H and O–H groups in total. The summed E-state index contributed by atoms with van der Waals surface area (Å²) in [7, 11) is 0. The Bertz CT molecular complexity index is 1350. The van der Waals surface area contributed by atoms with Gasteiger partial charge in [-0.1, -0.05) is 24.3 Å².